The quantitative estimate of drug-likeness (QED) is 0.408. The first-order chi connectivity index (χ1) is 13.5. The van der Waals surface area contributed by atoms with Crippen LogP contribution in [0.5, 0.6) is 0 Å². The smallest absolute Gasteiger partial charge is 0.0771 e. The van der Waals surface area contributed by atoms with Crippen molar-refractivity contribution in [2.24, 2.45) is 0 Å². The Morgan fingerprint density at radius 3 is 1.68 bits per heavy atom. The highest BCUT2D eigenvalue weighted by Gasteiger charge is 2.33. The highest BCUT2D eigenvalue weighted by atomic mass is 28.3. The first-order valence-electron chi connectivity index (χ1n) is 10.5. The van der Waals surface area contributed by atoms with Crippen LogP contribution in [-0.2, 0) is 0 Å². The predicted molar refractivity (Wildman–Crippen MR) is 123 cm³/mol. The third kappa shape index (κ3) is 2.81. The molecule has 140 valence electrons. The van der Waals surface area contributed by atoms with Gasteiger partial charge in [-0.05, 0) is 46.2 Å². The highest BCUT2D eigenvalue weighted by Crippen LogP contribution is 2.49. The number of hydrogen-bond acceptors (Lipinski definition) is 0. The molecule has 0 bridgehead atoms. The Labute approximate surface area is 170 Å². The molecule has 2 aliphatic rings. The van der Waals surface area contributed by atoms with E-state index in [2.05, 4.69) is 98.5 Å². The van der Waals surface area contributed by atoms with Gasteiger partial charge in [0, 0.05) is 11.8 Å². The van der Waals surface area contributed by atoms with E-state index in [-0.39, 0.29) is 0 Å². The van der Waals surface area contributed by atoms with Gasteiger partial charge < -0.3 is 0 Å². The summed E-state index contributed by atoms with van der Waals surface area (Å²) >= 11 is 0. The van der Waals surface area contributed by atoms with Gasteiger partial charge in [0.15, 0.2) is 0 Å². The van der Waals surface area contributed by atoms with Crippen molar-refractivity contribution in [2.45, 2.75) is 44.3 Å². The van der Waals surface area contributed by atoms with E-state index in [1.807, 2.05) is 0 Å². The molecule has 0 aromatic heterocycles. The largest absolute Gasteiger partial charge is 0.0780 e. The van der Waals surface area contributed by atoms with Crippen molar-refractivity contribution in [3.05, 3.63) is 101 Å². The fourth-order valence-corrected chi connectivity index (χ4v) is 6.99. The van der Waals surface area contributed by atoms with E-state index in [0.29, 0.717) is 11.8 Å². The Bertz CT molecular complexity index is 1020. The number of allylic oxidation sites excluding steroid dienone is 1. The normalized spacial score (nSPS) is 17.8. The van der Waals surface area contributed by atoms with E-state index in [9.17, 15) is 0 Å². The topological polar surface area (TPSA) is 0 Å². The van der Waals surface area contributed by atoms with Crippen LogP contribution in [0.2, 0.25) is 19.6 Å². The average molecular weight is 381 g/mol. The SMILES string of the molecule is C[Si](C)(C)C1=CC(CCC2c3ccccc3-c3ccccc32)c2ccccc21. The lowest BCUT2D eigenvalue weighted by Gasteiger charge is -2.19. The second kappa shape index (κ2) is 6.60. The summed E-state index contributed by atoms with van der Waals surface area (Å²) in [4.78, 5) is 0. The Balaban J connectivity index is 1.47. The zero-order chi connectivity index (χ0) is 19.3. The highest BCUT2D eigenvalue weighted by molar-refractivity contribution is 6.93. The Hall–Kier alpha value is -2.38. The third-order valence-corrected chi connectivity index (χ3v) is 8.61. The molecule has 1 atom stereocenters. The van der Waals surface area contributed by atoms with Crippen LogP contribution in [0.1, 0.15) is 46.9 Å². The summed E-state index contributed by atoms with van der Waals surface area (Å²) in [5, 5.41) is 1.65. The van der Waals surface area contributed by atoms with Crippen LogP contribution in [0.25, 0.3) is 16.3 Å². The molecule has 0 saturated carbocycles. The standard InChI is InChI=1S/C27H28Si/c1-28(2,3)27-18-19(20-10-4-9-15-26(20)27)16-17-25-23-13-7-5-11-21(23)22-12-6-8-14-24(22)25/h4-15,18-19,25H,16-17H2,1-3H3. The van der Waals surface area contributed by atoms with Crippen molar-refractivity contribution in [1.82, 2.24) is 0 Å². The molecule has 0 spiro atoms. The molecular formula is C27H28Si. The van der Waals surface area contributed by atoms with Gasteiger partial charge in [-0.3, -0.25) is 0 Å². The summed E-state index contributed by atoms with van der Waals surface area (Å²) < 4.78 is 0. The molecule has 2 aliphatic carbocycles. The van der Waals surface area contributed by atoms with Crippen LogP contribution < -0.4 is 0 Å². The molecule has 1 heteroatoms. The molecule has 0 N–H and O–H groups in total. The minimum absolute atomic E-state index is 0.531. The van der Waals surface area contributed by atoms with E-state index in [1.165, 1.54) is 40.7 Å². The van der Waals surface area contributed by atoms with Crippen LogP contribution in [0.4, 0.5) is 0 Å². The summed E-state index contributed by atoms with van der Waals surface area (Å²) in [6.07, 6.45) is 5.05. The predicted octanol–water partition coefficient (Wildman–Crippen LogP) is 7.64. The molecule has 0 fully saturated rings. The lowest BCUT2D eigenvalue weighted by molar-refractivity contribution is 0.634. The minimum atomic E-state index is -1.33. The molecule has 1 unspecified atom stereocenters. The van der Waals surface area contributed by atoms with E-state index in [0.717, 1.165) is 0 Å². The Morgan fingerprint density at radius 2 is 1.11 bits per heavy atom. The van der Waals surface area contributed by atoms with Gasteiger partial charge in [0.05, 0.1) is 8.07 Å². The van der Waals surface area contributed by atoms with Crippen molar-refractivity contribution in [2.75, 3.05) is 0 Å². The van der Waals surface area contributed by atoms with Crippen molar-refractivity contribution in [3.8, 4) is 11.1 Å². The van der Waals surface area contributed by atoms with Crippen molar-refractivity contribution in [3.63, 3.8) is 0 Å². The molecule has 0 radical (unpaired) electrons. The molecule has 0 amide bonds. The van der Waals surface area contributed by atoms with E-state index in [1.54, 1.807) is 10.8 Å². The molecule has 0 heterocycles. The van der Waals surface area contributed by atoms with Crippen LogP contribution in [-0.4, -0.2) is 8.07 Å². The van der Waals surface area contributed by atoms with Gasteiger partial charge in [0.2, 0.25) is 0 Å². The number of benzene rings is 3. The minimum Gasteiger partial charge on any atom is -0.0771 e. The van der Waals surface area contributed by atoms with Gasteiger partial charge >= 0.3 is 0 Å². The molecular weight excluding hydrogens is 352 g/mol. The van der Waals surface area contributed by atoms with Gasteiger partial charge in [0.25, 0.3) is 0 Å². The first kappa shape index (κ1) is 17.7. The number of fused-ring (bicyclic) bond motifs is 4. The van der Waals surface area contributed by atoms with Gasteiger partial charge in [-0.2, -0.15) is 0 Å². The maximum atomic E-state index is 2.61. The maximum Gasteiger partial charge on any atom is 0.0780 e. The Morgan fingerprint density at radius 1 is 0.607 bits per heavy atom. The molecule has 28 heavy (non-hydrogen) atoms. The summed E-state index contributed by atoms with van der Waals surface area (Å²) in [7, 11) is -1.33. The first-order valence-corrected chi connectivity index (χ1v) is 14.0. The monoisotopic (exact) mass is 380 g/mol. The summed E-state index contributed by atoms with van der Waals surface area (Å²) in [6.45, 7) is 7.42. The summed E-state index contributed by atoms with van der Waals surface area (Å²) in [5.74, 6) is 1.10. The fourth-order valence-electron chi connectivity index (χ4n) is 5.26. The van der Waals surface area contributed by atoms with Crippen molar-refractivity contribution >= 4 is 13.3 Å². The molecule has 0 saturated heterocycles. The second-order valence-corrected chi connectivity index (χ2v) is 14.4. The molecule has 0 aliphatic heterocycles. The zero-order valence-electron chi connectivity index (χ0n) is 17.1. The maximum absolute atomic E-state index is 2.61. The van der Waals surface area contributed by atoms with E-state index < -0.39 is 8.07 Å². The number of hydrogen-bond donors (Lipinski definition) is 0. The van der Waals surface area contributed by atoms with E-state index in [4.69, 9.17) is 0 Å². The van der Waals surface area contributed by atoms with Crippen molar-refractivity contribution in [1.29, 1.82) is 0 Å². The molecule has 3 aromatic carbocycles. The molecule has 0 nitrogen and oxygen atoms in total. The number of rotatable bonds is 4. The fraction of sp³-hybridized carbons (Fsp3) is 0.259. The van der Waals surface area contributed by atoms with Gasteiger partial charge in [-0.15, -0.1) is 0 Å². The summed E-state index contributed by atoms with van der Waals surface area (Å²) in [6, 6.07) is 27.1. The van der Waals surface area contributed by atoms with Crippen molar-refractivity contribution < 1.29 is 0 Å². The van der Waals surface area contributed by atoms with Gasteiger partial charge in [0.1, 0.15) is 0 Å². The Kier molecular flexibility index (Phi) is 4.17. The van der Waals surface area contributed by atoms with Crippen LogP contribution >= 0.6 is 0 Å². The van der Waals surface area contributed by atoms with Crippen LogP contribution in [0.3, 0.4) is 0 Å². The van der Waals surface area contributed by atoms with Crippen LogP contribution in [0, 0.1) is 0 Å². The lowest BCUT2D eigenvalue weighted by Crippen LogP contribution is -2.21. The zero-order valence-corrected chi connectivity index (χ0v) is 18.1. The molecule has 5 rings (SSSR count). The van der Waals surface area contributed by atoms with Gasteiger partial charge in [-0.1, -0.05) is 104 Å². The van der Waals surface area contributed by atoms with E-state index >= 15 is 0 Å². The lowest BCUT2D eigenvalue weighted by atomic mass is 9.87. The van der Waals surface area contributed by atoms with Gasteiger partial charge in [-0.25, -0.2) is 0 Å². The second-order valence-electron chi connectivity index (χ2n) is 9.33. The van der Waals surface area contributed by atoms with Crippen LogP contribution in [0.15, 0.2) is 78.9 Å². The molecule has 3 aromatic rings. The summed E-state index contributed by atoms with van der Waals surface area (Å²) in [5.41, 5.74) is 8.99. The average Bonchev–Trinajstić information content (AvgIpc) is 3.23. The third-order valence-electron chi connectivity index (χ3n) is 6.56.